The van der Waals surface area contributed by atoms with Crippen molar-refractivity contribution in [1.29, 1.82) is 0 Å². The van der Waals surface area contributed by atoms with Crippen molar-refractivity contribution in [1.82, 2.24) is 9.88 Å². The van der Waals surface area contributed by atoms with E-state index in [-0.39, 0.29) is 5.91 Å². The fraction of sp³-hybridized carbons (Fsp3) is 0.304. The average Bonchev–Trinajstić information content (AvgIpc) is 2.73. The first-order valence-electron chi connectivity index (χ1n) is 9.49. The molecule has 3 aromatic rings. The second-order valence-electron chi connectivity index (χ2n) is 7.28. The van der Waals surface area contributed by atoms with E-state index >= 15 is 0 Å². The molecule has 0 spiro atoms. The molecule has 0 atom stereocenters. The van der Waals surface area contributed by atoms with Gasteiger partial charge < -0.3 is 9.64 Å². The molecule has 1 saturated heterocycles. The molecule has 0 bridgehead atoms. The number of benzene rings is 2. The largest absolute Gasteiger partial charge is 0.497 e. The number of ether oxygens (including phenoxy) is 1. The van der Waals surface area contributed by atoms with Gasteiger partial charge in [0.15, 0.2) is 0 Å². The van der Waals surface area contributed by atoms with Crippen LogP contribution in [0.1, 0.15) is 30.1 Å². The second-order valence-corrected chi connectivity index (χ2v) is 7.28. The van der Waals surface area contributed by atoms with Gasteiger partial charge in [-0.15, -0.1) is 0 Å². The van der Waals surface area contributed by atoms with Crippen molar-refractivity contribution in [3.8, 4) is 17.0 Å². The van der Waals surface area contributed by atoms with Crippen LogP contribution in [-0.2, 0) is 0 Å². The number of hydrogen-bond donors (Lipinski definition) is 0. The number of carbonyl (C=O) groups excluding carboxylic acids is 1. The average molecular weight is 360 g/mol. The molecule has 27 heavy (non-hydrogen) atoms. The van der Waals surface area contributed by atoms with E-state index in [9.17, 15) is 4.79 Å². The number of para-hydroxylation sites is 1. The first kappa shape index (κ1) is 17.5. The highest BCUT2D eigenvalue weighted by Gasteiger charge is 2.23. The van der Waals surface area contributed by atoms with Crippen LogP contribution in [-0.4, -0.2) is 36.0 Å². The van der Waals surface area contributed by atoms with Crippen molar-refractivity contribution >= 4 is 16.8 Å². The summed E-state index contributed by atoms with van der Waals surface area (Å²) in [6.45, 7) is 3.91. The van der Waals surface area contributed by atoms with Gasteiger partial charge in [-0.25, -0.2) is 4.98 Å². The van der Waals surface area contributed by atoms with E-state index in [0.717, 1.165) is 59.4 Å². The first-order valence-corrected chi connectivity index (χ1v) is 9.49. The lowest BCUT2D eigenvalue weighted by molar-refractivity contribution is 0.0699. The number of rotatable bonds is 3. The highest BCUT2D eigenvalue weighted by Crippen LogP contribution is 2.28. The minimum absolute atomic E-state index is 0.107. The molecule has 1 aliphatic heterocycles. The Labute approximate surface area is 159 Å². The Hall–Kier alpha value is -2.88. The zero-order chi connectivity index (χ0) is 18.8. The maximum Gasteiger partial charge on any atom is 0.254 e. The summed E-state index contributed by atoms with van der Waals surface area (Å²) in [6.07, 6.45) is 2.14. The van der Waals surface area contributed by atoms with E-state index in [1.807, 2.05) is 59.5 Å². The standard InChI is InChI=1S/C23H24N2O2/c1-16-11-13-25(14-12-16)23(26)20-15-22(17-7-9-18(27-2)10-8-17)24-21-6-4-3-5-19(20)21/h3-10,15-16H,11-14H2,1-2H3. The van der Waals surface area contributed by atoms with E-state index in [2.05, 4.69) is 6.92 Å². The lowest BCUT2D eigenvalue weighted by Crippen LogP contribution is -2.38. The molecular weight excluding hydrogens is 336 g/mol. The van der Waals surface area contributed by atoms with Gasteiger partial charge in [0.1, 0.15) is 5.75 Å². The third-order valence-corrected chi connectivity index (χ3v) is 5.40. The Morgan fingerprint density at radius 1 is 1.07 bits per heavy atom. The summed E-state index contributed by atoms with van der Waals surface area (Å²) in [6, 6.07) is 17.6. The molecular formula is C23H24N2O2. The second kappa shape index (κ2) is 7.39. The van der Waals surface area contributed by atoms with E-state index in [1.54, 1.807) is 7.11 Å². The maximum absolute atomic E-state index is 13.3. The number of hydrogen-bond acceptors (Lipinski definition) is 3. The van der Waals surface area contributed by atoms with Crippen molar-refractivity contribution in [3.05, 3.63) is 60.2 Å². The van der Waals surface area contributed by atoms with Crippen LogP contribution >= 0.6 is 0 Å². The molecule has 1 amide bonds. The highest BCUT2D eigenvalue weighted by molar-refractivity contribution is 6.07. The lowest BCUT2D eigenvalue weighted by Gasteiger charge is -2.30. The third kappa shape index (κ3) is 3.52. The van der Waals surface area contributed by atoms with Crippen molar-refractivity contribution < 1.29 is 9.53 Å². The topological polar surface area (TPSA) is 42.4 Å². The lowest BCUT2D eigenvalue weighted by atomic mass is 9.97. The normalized spacial score (nSPS) is 15.1. The van der Waals surface area contributed by atoms with Gasteiger partial charge in [0.2, 0.25) is 0 Å². The highest BCUT2D eigenvalue weighted by atomic mass is 16.5. The number of methoxy groups -OCH3 is 1. The quantitative estimate of drug-likeness (QED) is 0.675. The molecule has 0 radical (unpaired) electrons. The van der Waals surface area contributed by atoms with E-state index < -0.39 is 0 Å². The molecule has 1 aromatic heterocycles. The number of amides is 1. The fourth-order valence-corrected chi connectivity index (χ4v) is 3.64. The van der Waals surface area contributed by atoms with E-state index in [4.69, 9.17) is 9.72 Å². The first-order chi connectivity index (χ1) is 13.2. The molecule has 2 heterocycles. The SMILES string of the molecule is COc1ccc(-c2cc(C(=O)N3CCC(C)CC3)c3ccccc3n2)cc1. The van der Waals surface area contributed by atoms with Crippen LogP contribution in [0.4, 0.5) is 0 Å². The summed E-state index contributed by atoms with van der Waals surface area (Å²) in [5.41, 5.74) is 3.37. The molecule has 1 aliphatic rings. The smallest absolute Gasteiger partial charge is 0.254 e. The molecule has 0 unspecified atom stereocenters. The third-order valence-electron chi connectivity index (χ3n) is 5.40. The Morgan fingerprint density at radius 2 is 1.78 bits per heavy atom. The predicted molar refractivity (Wildman–Crippen MR) is 108 cm³/mol. The van der Waals surface area contributed by atoms with Crippen molar-refractivity contribution in [2.45, 2.75) is 19.8 Å². The predicted octanol–water partition coefficient (Wildman–Crippen LogP) is 4.78. The van der Waals surface area contributed by atoms with Crippen LogP contribution in [0.2, 0.25) is 0 Å². The zero-order valence-electron chi connectivity index (χ0n) is 15.8. The van der Waals surface area contributed by atoms with Gasteiger partial charge in [-0.1, -0.05) is 25.1 Å². The number of pyridine rings is 1. The van der Waals surface area contributed by atoms with Gasteiger partial charge in [0, 0.05) is 24.0 Å². The molecule has 0 N–H and O–H groups in total. The van der Waals surface area contributed by atoms with Gasteiger partial charge in [0.25, 0.3) is 5.91 Å². The monoisotopic (exact) mass is 360 g/mol. The summed E-state index contributed by atoms with van der Waals surface area (Å²) >= 11 is 0. The minimum Gasteiger partial charge on any atom is -0.497 e. The van der Waals surface area contributed by atoms with Crippen LogP contribution in [0.3, 0.4) is 0 Å². The van der Waals surface area contributed by atoms with Gasteiger partial charge in [-0.2, -0.15) is 0 Å². The molecule has 1 fully saturated rings. The van der Waals surface area contributed by atoms with Gasteiger partial charge in [-0.05, 0) is 55.2 Å². The maximum atomic E-state index is 13.3. The Morgan fingerprint density at radius 3 is 2.48 bits per heavy atom. The van der Waals surface area contributed by atoms with Crippen LogP contribution in [0, 0.1) is 5.92 Å². The van der Waals surface area contributed by atoms with Crippen LogP contribution in [0.15, 0.2) is 54.6 Å². The minimum atomic E-state index is 0.107. The van der Waals surface area contributed by atoms with Gasteiger partial charge >= 0.3 is 0 Å². The number of piperidine rings is 1. The number of likely N-dealkylation sites (tertiary alicyclic amines) is 1. The number of fused-ring (bicyclic) bond motifs is 1. The van der Waals surface area contributed by atoms with Gasteiger partial charge in [-0.3, -0.25) is 4.79 Å². The summed E-state index contributed by atoms with van der Waals surface area (Å²) < 4.78 is 5.24. The molecule has 4 heteroatoms. The zero-order valence-corrected chi connectivity index (χ0v) is 15.8. The number of carbonyl (C=O) groups is 1. The van der Waals surface area contributed by atoms with Crippen LogP contribution in [0.5, 0.6) is 5.75 Å². The Bertz CT molecular complexity index is 958. The summed E-state index contributed by atoms with van der Waals surface area (Å²) in [4.78, 5) is 20.1. The summed E-state index contributed by atoms with van der Waals surface area (Å²) in [7, 11) is 1.65. The van der Waals surface area contributed by atoms with Crippen molar-refractivity contribution in [2.75, 3.05) is 20.2 Å². The molecule has 2 aromatic carbocycles. The van der Waals surface area contributed by atoms with Crippen molar-refractivity contribution in [2.24, 2.45) is 5.92 Å². The number of nitrogens with zero attached hydrogens (tertiary/aromatic N) is 2. The fourth-order valence-electron chi connectivity index (χ4n) is 3.64. The van der Waals surface area contributed by atoms with Crippen molar-refractivity contribution in [3.63, 3.8) is 0 Å². The Balaban J connectivity index is 1.77. The number of aromatic nitrogens is 1. The van der Waals surface area contributed by atoms with E-state index in [1.165, 1.54) is 0 Å². The summed E-state index contributed by atoms with van der Waals surface area (Å²) in [5.74, 6) is 1.60. The van der Waals surface area contributed by atoms with E-state index in [0.29, 0.717) is 5.92 Å². The summed E-state index contributed by atoms with van der Waals surface area (Å²) in [5, 5.41) is 0.915. The molecule has 0 saturated carbocycles. The van der Waals surface area contributed by atoms with Crippen LogP contribution in [0.25, 0.3) is 22.2 Å². The molecule has 4 nitrogen and oxygen atoms in total. The van der Waals surface area contributed by atoms with Gasteiger partial charge in [0.05, 0.1) is 23.9 Å². The molecule has 4 rings (SSSR count). The Kier molecular flexibility index (Phi) is 4.80. The molecule has 138 valence electrons. The molecule has 0 aliphatic carbocycles. The van der Waals surface area contributed by atoms with Crippen LogP contribution < -0.4 is 4.74 Å².